The van der Waals surface area contributed by atoms with E-state index in [0.29, 0.717) is 20.7 Å². The summed E-state index contributed by atoms with van der Waals surface area (Å²) in [5, 5.41) is 10.8. The Labute approximate surface area is 277 Å². The molecule has 2 N–H and O–H groups in total. The summed E-state index contributed by atoms with van der Waals surface area (Å²) in [6.45, 7) is 8.83. The number of carbonyl (C=O) groups excluding carboxylic acids is 3. The van der Waals surface area contributed by atoms with E-state index in [1.165, 1.54) is 0 Å². The zero-order valence-electron chi connectivity index (χ0n) is 26.7. The smallest absolute Gasteiger partial charge is 0.436 e. The largest absolute Gasteiger partial charge is 0.443 e. The Morgan fingerprint density at radius 3 is 2.19 bits per heavy atom. The zero-order chi connectivity index (χ0) is 33.0. The van der Waals surface area contributed by atoms with Gasteiger partial charge >= 0.3 is 6.09 Å². The van der Waals surface area contributed by atoms with Crippen LogP contribution in [0.1, 0.15) is 50.6 Å². The topological polar surface area (TPSA) is 109 Å². The van der Waals surface area contributed by atoms with Crippen molar-refractivity contribution in [3.63, 3.8) is 0 Å². The summed E-state index contributed by atoms with van der Waals surface area (Å²) in [6.07, 6.45) is -0.717. The maximum atomic E-state index is 13.5. The van der Waals surface area contributed by atoms with Crippen LogP contribution in [0.4, 0.5) is 10.6 Å². The molecule has 2 amide bonds. The molecule has 1 saturated heterocycles. The molecule has 2 aromatic heterocycles. The Kier molecular flexibility index (Phi) is 9.48. The van der Waals surface area contributed by atoms with Crippen LogP contribution in [0.2, 0.25) is 0 Å². The molecule has 3 aromatic carbocycles. The molecule has 1 aliphatic rings. The van der Waals surface area contributed by atoms with Crippen LogP contribution in [-0.2, 0) is 23.4 Å². The molecule has 242 valence electrons. The Morgan fingerprint density at radius 1 is 0.851 bits per heavy atom. The van der Waals surface area contributed by atoms with Gasteiger partial charge in [-0.05, 0) is 55.8 Å². The van der Waals surface area contributed by atoms with E-state index >= 15 is 0 Å². The van der Waals surface area contributed by atoms with Crippen LogP contribution in [0, 0.1) is 0 Å². The lowest BCUT2D eigenvalue weighted by Gasteiger charge is -2.32. The van der Waals surface area contributed by atoms with Crippen molar-refractivity contribution in [2.24, 2.45) is 0 Å². The molecule has 0 radical (unpaired) electrons. The van der Waals surface area contributed by atoms with Crippen molar-refractivity contribution in [3.8, 4) is 0 Å². The number of hydrogen-bond acceptors (Lipinski definition) is 8. The van der Waals surface area contributed by atoms with E-state index in [2.05, 4.69) is 32.6 Å². The van der Waals surface area contributed by atoms with E-state index in [-0.39, 0.29) is 24.2 Å². The van der Waals surface area contributed by atoms with Crippen LogP contribution in [0.3, 0.4) is 0 Å². The maximum Gasteiger partial charge on any atom is 0.436 e. The number of ether oxygens (including phenoxy) is 1. The van der Waals surface area contributed by atoms with Crippen molar-refractivity contribution in [2.75, 3.05) is 38.5 Å². The molecule has 0 spiro atoms. The Morgan fingerprint density at radius 2 is 1.51 bits per heavy atom. The summed E-state index contributed by atoms with van der Waals surface area (Å²) in [5.74, 6) is -0.513. The first-order chi connectivity index (χ1) is 22.7. The summed E-state index contributed by atoms with van der Waals surface area (Å²) in [4.78, 5) is 45.7. The fraction of sp³-hybridized carbons (Fsp3) is 0.278. The lowest BCUT2D eigenvalue weighted by molar-refractivity contribution is 0.0915. The van der Waals surface area contributed by atoms with Crippen LogP contribution in [0.15, 0.2) is 91.0 Å². The highest BCUT2D eigenvalue weighted by molar-refractivity contribution is 7.20. The van der Waals surface area contributed by atoms with Crippen LogP contribution in [0.25, 0.3) is 10.2 Å². The first-order valence-electron chi connectivity index (χ1n) is 15.6. The SMILES string of the molecule is CN1CCN(Cc2ccc(C(=O)Nc3nn(C(=O)OCc4ccccc4)c4sc(C(=O)NC(C)(C)c5ccccc5)cc34)cc2)CC1. The van der Waals surface area contributed by atoms with Gasteiger partial charge in [-0.3, -0.25) is 14.5 Å². The fourth-order valence-electron chi connectivity index (χ4n) is 5.49. The van der Waals surface area contributed by atoms with Gasteiger partial charge < -0.3 is 20.3 Å². The van der Waals surface area contributed by atoms with Gasteiger partial charge in [0, 0.05) is 38.3 Å². The number of fused-ring (bicyclic) bond motifs is 1. The number of aromatic nitrogens is 2. The number of thiophene rings is 1. The van der Waals surface area contributed by atoms with Gasteiger partial charge in [0.25, 0.3) is 11.8 Å². The number of nitrogens with one attached hydrogen (secondary N) is 2. The third-order valence-corrected chi connectivity index (χ3v) is 9.44. The second kappa shape index (κ2) is 13.9. The number of rotatable bonds is 9. The van der Waals surface area contributed by atoms with Gasteiger partial charge in [-0.2, -0.15) is 4.68 Å². The highest BCUT2D eigenvalue weighted by atomic mass is 32.1. The van der Waals surface area contributed by atoms with E-state index < -0.39 is 11.6 Å². The average molecular weight is 651 g/mol. The molecule has 0 unspecified atom stereocenters. The highest BCUT2D eigenvalue weighted by Crippen LogP contribution is 2.33. The summed E-state index contributed by atoms with van der Waals surface area (Å²) >= 11 is 1.11. The van der Waals surface area contributed by atoms with E-state index in [0.717, 1.165) is 65.4 Å². The van der Waals surface area contributed by atoms with Crippen molar-refractivity contribution in [3.05, 3.63) is 118 Å². The number of hydrogen-bond donors (Lipinski definition) is 2. The Bertz CT molecular complexity index is 1860. The monoisotopic (exact) mass is 650 g/mol. The van der Waals surface area contributed by atoms with Gasteiger partial charge in [0.2, 0.25) is 0 Å². The van der Waals surface area contributed by atoms with Gasteiger partial charge in [0.1, 0.15) is 11.4 Å². The molecule has 3 heterocycles. The van der Waals surface area contributed by atoms with Crippen molar-refractivity contribution in [1.29, 1.82) is 0 Å². The minimum Gasteiger partial charge on any atom is -0.443 e. The van der Waals surface area contributed by atoms with E-state index in [1.54, 1.807) is 18.2 Å². The van der Waals surface area contributed by atoms with Crippen LogP contribution >= 0.6 is 11.3 Å². The molecular formula is C36H38N6O4S. The summed E-state index contributed by atoms with van der Waals surface area (Å²) in [7, 11) is 2.13. The van der Waals surface area contributed by atoms with E-state index in [9.17, 15) is 14.4 Å². The summed E-state index contributed by atoms with van der Waals surface area (Å²) in [6, 6.07) is 28.2. The quantitative estimate of drug-likeness (QED) is 0.203. The molecule has 11 heteroatoms. The van der Waals surface area contributed by atoms with Crippen molar-refractivity contribution in [2.45, 2.75) is 32.5 Å². The van der Waals surface area contributed by atoms with E-state index in [1.807, 2.05) is 86.6 Å². The number of likely N-dealkylation sites (N-methyl/N-ethyl adjacent to an activating group) is 1. The van der Waals surface area contributed by atoms with Crippen LogP contribution in [-0.4, -0.2) is 70.7 Å². The molecule has 47 heavy (non-hydrogen) atoms. The first kappa shape index (κ1) is 32.1. The standard InChI is InChI=1S/C36H38N6O4S/c1-36(2,28-12-8-5-9-13-28)38-33(44)30-22-29-31(39-42(34(29)47-30)35(45)46-24-26-10-6-4-7-11-26)37-32(43)27-16-14-25(15-17-27)23-41-20-18-40(3)19-21-41/h4-17,22H,18-21,23-24H2,1-3H3,(H,38,44)(H,37,39,43). The zero-order valence-corrected chi connectivity index (χ0v) is 27.5. The first-order valence-corrected chi connectivity index (χ1v) is 16.4. The third kappa shape index (κ3) is 7.60. The second-order valence-electron chi connectivity index (χ2n) is 12.3. The lowest BCUT2D eigenvalue weighted by Crippen LogP contribution is -2.43. The number of piperazine rings is 1. The molecule has 5 aromatic rings. The normalized spacial score (nSPS) is 14.2. The number of benzene rings is 3. The van der Waals surface area contributed by atoms with Crippen molar-refractivity contribution >= 4 is 45.3 Å². The second-order valence-corrected chi connectivity index (χ2v) is 13.3. The number of nitrogens with zero attached hydrogens (tertiary/aromatic N) is 4. The van der Waals surface area contributed by atoms with Crippen LogP contribution < -0.4 is 10.6 Å². The molecule has 1 fully saturated rings. The molecule has 0 saturated carbocycles. The van der Waals surface area contributed by atoms with Gasteiger partial charge in [-0.25, -0.2) is 4.79 Å². The maximum absolute atomic E-state index is 13.5. The van der Waals surface area contributed by atoms with Gasteiger partial charge in [-0.1, -0.05) is 72.8 Å². The lowest BCUT2D eigenvalue weighted by atomic mass is 9.94. The van der Waals surface area contributed by atoms with Crippen molar-refractivity contribution < 1.29 is 19.1 Å². The minimum absolute atomic E-state index is 0.0488. The fourth-order valence-corrected chi connectivity index (χ4v) is 6.49. The molecule has 0 bridgehead atoms. The Hall–Kier alpha value is -4.84. The number of carbonyl (C=O) groups is 3. The van der Waals surface area contributed by atoms with Crippen LogP contribution in [0.5, 0.6) is 0 Å². The molecule has 0 aliphatic carbocycles. The van der Waals surface area contributed by atoms with E-state index in [4.69, 9.17) is 4.74 Å². The van der Waals surface area contributed by atoms with Crippen molar-refractivity contribution in [1.82, 2.24) is 24.9 Å². The molecular weight excluding hydrogens is 613 g/mol. The highest BCUT2D eigenvalue weighted by Gasteiger charge is 2.27. The third-order valence-electron chi connectivity index (χ3n) is 8.33. The average Bonchev–Trinajstić information content (AvgIpc) is 3.66. The van der Waals surface area contributed by atoms with Gasteiger partial charge in [0.05, 0.1) is 15.8 Å². The molecule has 6 rings (SSSR count). The summed E-state index contributed by atoms with van der Waals surface area (Å²) < 4.78 is 6.67. The predicted molar refractivity (Wildman–Crippen MR) is 184 cm³/mol. The number of amides is 2. The molecule has 0 atom stereocenters. The Balaban J connectivity index is 1.23. The van der Waals surface area contributed by atoms with Gasteiger partial charge in [0.15, 0.2) is 5.82 Å². The van der Waals surface area contributed by atoms with Gasteiger partial charge in [-0.15, -0.1) is 16.4 Å². The predicted octanol–water partition coefficient (Wildman–Crippen LogP) is 5.95. The number of anilines is 1. The minimum atomic E-state index is -0.717. The molecule has 1 aliphatic heterocycles. The summed E-state index contributed by atoms with van der Waals surface area (Å²) in [5.41, 5.74) is 2.71. The molecule has 10 nitrogen and oxygen atoms in total.